The third kappa shape index (κ3) is 3.92. The Labute approximate surface area is 103 Å². The molecular formula is C11H21ClN2O2. The first-order chi connectivity index (χ1) is 7.36. The predicted octanol–water partition coefficient (Wildman–Crippen LogP) is 0.703. The van der Waals surface area contributed by atoms with Crippen LogP contribution < -0.4 is 10.6 Å². The van der Waals surface area contributed by atoms with Gasteiger partial charge in [0.15, 0.2) is 0 Å². The summed E-state index contributed by atoms with van der Waals surface area (Å²) in [6.07, 6.45) is 4.26. The maximum absolute atomic E-state index is 11.9. The number of rotatable bonds is 2. The maximum Gasteiger partial charge on any atom is 0.224 e. The van der Waals surface area contributed by atoms with Crippen LogP contribution in [0.15, 0.2) is 0 Å². The van der Waals surface area contributed by atoms with Gasteiger partial charge >= 0.3 is 0 Å². The van der Waals surface area contributed by atoms with Crippen LogP contribution >= 0.6 is 12.4 Å². The number of hydrogen-bond donors (Lipinski definition) is 2. The number of amides is 1. The lowest BCUT2D eigenvalue weighted by Gasteiger charge is -2.27. The van der Waals surface area contributed by atoms with E-state index in [1.165, 1.54) is 0 Å². The van der Waals surface area contributed by atoms with Crippen molar-refractivity contribution in [3.05, 3.63) is 0 Å². The monoisotopic (exact) mass is 248 g/mol. The van der Waals surface area contributed by atoms with Crippen LogP contribution in [0.5, 0.6) is 0 Å². The van der Waals surface area contributed by atoms with Crippen molar-refractivity contribution < 1.29 is 9.53 Å². The zero-order valence-electron chi connectivity index (χ0n) is 9.54. The van der Waals surface area contributed by atoms with Gasteiger partial charge in [-0.3, -0.25) is 4.79 Å². The molecule has 16 heavy (non-hydrogen) atoms. The average Bonchev–Trinajstić information content (AvgIpc) is 2.31. The second kappa shape index (κ2) is 7.09. The molecule has 0 spiro atoms. The summed E-state index contributed by atoms with van der Waals surface area (Å²) in [6.45, 7) is 3.42. The Morgan fingerprint density at radius 2 is 2.19 bits per heavy atom. The number of ether oxygens (including phenoxy) is 1. The summed E-state index contributed by atoms with van der Waals surface area (Å²) in [5.74, 6) is 0.373. The number of nitrogens with one attached hydrogen (secondary N) is 2. The maximum atomic E-state index is 11.9. The van der Waals surface area contributed by atoms with E-state index in [4.69, 9.17) is 4.74 Å². The molecule has 2 saturated heterocycles. The molecule has 2 rings (SSSR count). The van der Waals surface area contributed by atoms with E-state index in [0.717, 1.165) is 45.4 Å². The van der Waals surface area contributed by atoms with Crippen molar-refractivity contribution >= 4 is 18.3 Å². The highest BCUT2D eigenvalue weighted by atomic mass is 35.5. The zero-order valence-corrected chi connectivity index (χ0v) is 10.4. The summed E-state index contributed by atoms with van der Waals surface area (Å²) < 4.78 is 5.34. The van der Waals surface area contributed by atoms with Crippen LogP contribution in [0.25, 0.3) is 0 Å². The van der Waals surface area contributed by atoms with Crippen molar-refractivity contribution in [2.45, 2.75) is 31.7 Å². The minimum atomic E-state index is 0. The molecule has 5 heteroatoms. The summed E-state index contributed by atoms with van der Waals surface area (Å²) in [7, 11) is 0. The van der Waals surface area contributed by atoms with Gasteiger partial charge in [-0.25, -0.2) is 0 Å². The number of hydrogen-bond acceptors (Lipinski definition) is 3. The highest BCUT2D eigenvalue weighted by molar-refractivity contribution is 5.85. The van der Waals surface area contributed by atoms with Crippen molar-refractivity contribution in [1.82, 2.24) is 10.6 Å². The van der Waals surface area contributed by atoms with Gasteiger partial charge < -0.3 is 15.4 Å². The van der Waals surface area contributed by atoms with Gasteiger partial charge in [-0.1, -0.05) is 0 Å². The second-order valence-electron chi connectivity index (χ2n) is 4.47. The Kier molecular flexibility index (Phi) is 6.09. The summed E-state index contributed by atoms with van der Waals surface area (Å²) >= 11 is 0. The van der Waals surface area contributed by atoms with Crippen LogP contribution in [0.2, 0.25) is 0 Å². The van der Waals surface area contributed by atoms with Crippen LogP contribution in [-0.2, 0) is 9.53 Å². The van der Waals surface area contributed by atoms with Crippen molar-refractivity contribution in [1.29, 1.82) is 0 Å². The van der Waals surface area contributed by atoms with Crippen molar-refractivity contribution in [3.8, 4) is 0 Å². The average molecular weight is 249 g/mol. The smallest absolute Gasteiger partial charge is 0.224 e. The normalized spacial score (nSPS) is 30.2. The lowest BCUT2D eigenvalue weighted by atomic mass is 9.98. The second-order valence-corrected chi connectivity index (χ2v) is 4.47. The van der Waals surface area contributed by atoms with Gasteiger partial charge in [0.1, 0.15) is 0 Å². The highest BCUT2D eigenvalue weighted by Crippen LogP contribution is 2.12. The number of carbonyl (C=O) groups is 1. The molecule has 0 aromatic carbocycles. The first-order valence-corrected chi connectivity index (χ1v) is 5.95. The number of carbonyl (C=O) groups excluding carboxylic acids is 1. The van der Waals surface area contributed by atoms with Gasteiger partial charge in [0.05, 0.1) is 18.6 Å². The van der Waals surface area contributed by atoms with E-state index in [9.17, 15) is 4.79 Å². The predicted molar refractivity (Wildman–Crippen MR) is 64.8 cm³/mol. The SMILES string of the molecule is Cl.O=C(NC1CCCOC1)C1CCCNC1. The molecular weight excluding hydrogens is 228 g/mol. The number of halogens is 1. The molecule has 1 amide bonds. The molecule has 0 aromatic heterocycles. The van der Waals surface area contributed by atoms with Crippen LogP contribution in [0, 0.1) is 5.92 Å². The fraction of sp³-hybridized carbons (Fsp3) is 0.909. The van der Waals surface area contributed by atoms with Gasteiger partial charge in [0.2, 0.25) is 5.91 Å². The minimum Gasteiger partial charge on any atom is -0.379 e. The fourth-order valence-electron chi connectivity index (χ4n) is 2.25. The van der Waals surface area contributed by atoms with Gasteiger partial charge in [-0.2, -0.15) is 0 Å². The fourth-order valence-corrected chi connectivity index (χ4v) is 2.25. The van der Waals surface area contributed by atoms with Gasteiger partial charge in [-0.15, -0.1) is 12.4 Å². The molecule has 2 N–H and O–H groups in total. The molecule has 94 valence electrons. The Hall–Kier alpha value is -0.320. The molecule has 2 unspecified atom stereocenters. The summed E-state index contributed by atoms with van der Waals surface area (Å²) in [4.78, 5) is 11.9. The first-order valence-electron chi connectivity index (χ1n) is 5.95. The van der Waals surface area contributed by atoms with E-state index in [1.54, 1.807) is 0 Å². The van der Waals surface area contributed by atoms with E-state index < -0.39 is 0 Å². The molecule has 2 atom stereocenters. The lowest BCUT2D eigenvalue weighted by Crippen LogP contribution is -2.47. The van der Waals surface area contributed by atoms with Crippen LogP contribution in [0.1, 0.15) is 25.7 Å². The van der Waals surface area contributed by atoms with Crippen LogP contribution in [-0.4, -0.2) is 38.3 Å². The standard InChI is InChI=1S/C11H20N2O2.ClH/c14-11(9-3-1-5-12-7-9)13-10-4-2-6-15-8-10;/h9-10,12H,1-8H2,(H,13,14);1H. The van der Waals surface area contributed by atoms with Crippen molar-refractivity contribution in [2.75, 3.05) is 26.3 Å². The Balaban J connectivity index is 0.00000128. The van der Waals surface area contributed by atoms with E-state index >= 15 is 0 Å². The Morgan fingerprint density at radius 1 is 1.31 bits per heavy atom. The quantitative estimate of drug-likeness (QED) is 0.757. The van der Waals surface area contributed by atoms with E-state index in [-0.39, 0.29) is 30.3 Å². The molecule has 2 aliphatic rings. The molecule has 4 nitrogen and oxygen atoms in total. The minimum absolute atomic E-state index is 0. The summed E-state index contributed by atoms with van der Waals surface area (Å²) in [5.41, 5.74) is 0. The molecule has 0 bridgehead atoms. The molecule has 2 fully saturated rings. The molecule has 2 aliphatic heterocycles. The summed E-state index contributed by atoms with van der Waals surface area (Å²) in [6, 6.07) is 0.244. The van der Waals surface area contributed by atoms with Crippen molar-refractivity contribution in [2.24, 2.45) is 5.92 Å². The number of piperidine rings is 1. The zero-order chi connectivity index (χ0) is 10.5. The van der Waals surface area contributed by atoms with Crippen LogP contribution in [0.4, 0.5) is 0 Å². The highest BCUT2D eigenvalue weighted by Gasteiger charge is 2.24. The van der Waals surface area contributed by atoms with Crippen molar-refractivity contribution in [3.63, 3.8) is 0 Å². The topological polar surface area (TPSA) is 50.4 Å². The molecule has 2 heterocycles. The largest absolute Gasteiger partial charge is 0.379 e. The molecule has 0 radical (unpaired) electrons. The van der Waals surface area contributed by atoms with Gasteiger partial charge in [0.25, 0.3) is 0 Å². The lowest BCUT2D eigenvalue weighted by molar-refractivity contribution is -0.127. The van der Waals surface area contributed by atoms with Crippen LogP contribution in [0.3, 0.4) is 0 Å². The van der Waals surface area contributed by atoms with Gasteiger partial charge in [0, 0.05) is 13.2 Å². The van der Waals surface area contributed by atoms with E-state index in [0.29, 0.717) is 6.61 Å². The third-order valence-corrected chi connectivity index (χ3v) is 3.17. The Bertz CT molecular complexity index is 214. The molecule has 0 aromatic rings. The van der Waals surface area contributed by atoms with E-state index in [2.05, 4.69) is 10.6 Å². The molecule has 0 aliphatic carbocycles. The van der Waals surface area contributed by atoms with Gasteiger partial charge in [-0.05, 0) is 32.2 Å². The third-order valence-electron chi connectivity index (χ3n) is 3.17. The molecule has 0 saturated carbocycles. The van der Waals surface area contributed by atoms with E-state index in [1.807, 2.05) is 0 Å². The summed E-state index contributed by atoms with van der Waals surface area (Å²) in [5, 5.41) is 6.35. The first kappa shape index (κ1) is 13.7. The Morgan fingerprint density at radius 3 is 2.81 bits per heavy atom.